The van der Waals surface area contributed by atoms with Crippen molar-refractivity contribution in [1.29, 1.82) is 5.26 Å². The molecule has 1 aliphatic carbocycles. The summed E-state index contributed by atoms with van der Waals surface area (Å²) < 4.78 is 0. The van der Waals surface area contributed by atoms with Gasteiger partial charge in [-0.15, -0.1) is 0 Å². The molecule has 1 saturated heterocycles. The Morgan fingerprint density at radius 2 is 2.24 bits per heavy atom. The van der Waals surface area contributed by atoms with E-state index in [1.54, 1.807) is 0 Å². The molecule has 17 heavy (non-hydrogen) atoms. The van der Waals surface area contributed by atoms with Crippen LogP contribution in [0.25, 0.3) is 0 Å². The lowest BCUT2D eigenvalue weighted by atomic mass is 9.89. The number of hydrogen-bond acceptors (Lipinski definition) is 3. The van der Waals surface area contributed by atoms with Gasteiger partial charge < -0.3 is 10.6 Å². The standard InChI is InChI=1S/C13H21N3O/c1-13(7-2-3-8-15-13)12(17)16-11-6-4-5-10(11)9-14/h10-11,15H,2-8H2,1H3,(H,16,17). The van der Waals surface area contributed by atoms with Crippen LogP contribution >= 0.6 is 0 Å². The van der Waals surface area contributed by atoms with Gasteiger partial charge in [-0.1, -0.05) is 0 Å². The van der Waals surface area contributed by atoms with Gasteiger partial charge in [0.1, 0.15) is 0 Å². The van der Waals surface area contributed by atoms with E-state index in [0.29, 0.717) is 0 Å². The van der Waals surface area contributed by atoms with E-state index in [4.69, 9.17) is 5.26 Å². The number of rotatable bonds is 2. The van der Waals surface area contributed by atoms with Crippen LogP contribution in [0.1, 0.15) is 45.4 Å². The van der Waals surface area contributed by atoms with Crippen LogP contribution in [0.4, 0.5) is 0 Å². The maximum atomic E-state index is 12.3. The molecule has 4 heteroatoms. The zero-order valence-electron chi connectivity index (χ0n) is 10.5. The van der Waals surface area contributed by atoms with Crippen LogP contribution in [0, 0.1) is 17.2 Å². The van der Waals surface area contributed by atoms with Gasteiger partial charge in [-0.05, 0) is 52.0 Å². The first-order valence-electron chi connectivity index (χ1n) is 6.61. The molecule has 0 aromatic heterocycles. The molecule has 0 aromatic carbocycles. The maximum absolute atomic E-state index is 12.3. The van der Waals surface area contributed by atoms with Crippen LogP contribution in [0.15, 0.2) is 0 Å². The Kier molecular flexibility index (Phi) is 3.68. The second-order valence-electron chi connectivity index (χ2n) is 5.46. The molecule has 0 radical (unpaired) electrons. The highest BCUT2D eigenvalue weighted by atomic mass is 16.2. The summed E-state index contributed by atoms with van der Waals surface area (Å²) in [5.74, 6) is 0.0792. The fourth-order valence-corrected chi connectivity index (χ4v) is 2.87. The quantitative estimate of drug-likeness (QED) is 0.759. The van der Waals surface area contributed by atoms with Crippen molar-refractivity contribution in [2.45, 2.75) is 57.0 Å². The molecule has 1 aliphatic heterocycles. The number of carbonyl (C=O) groups excluding carboxylic acids is 1. The van der Waals surface area contributed by atoms with Gasteiger partial charge in [0.2, 0.25) is 5.91 Å². The van der Waals surface area contributed by atoms with Crippen molar-refractivity contribution in [2.24, 2.45) is 5.92 Å². The molecule has 4 nitrogen and oxygen atoms in total. The van der Waals surface area contributed by atoms with Gasteiger partial charge in [0.05, 0.1) is 17.5 Å². The predicted octanol–water partition coefficient (Wildman–Crippen LogP) is 1.33. The van der Waals surface area contributed by atoms with Crippen molar-refractivity contribution in [3.63, 3.8) is 0 Å². The highest BCUT2D eigenvalue weighted by Crippen LogP contribution is 2.26. The van der Waals surface area contributed by atoms with E-state index < -0.39 is 5.54 Å². The second-order valence-corrected chi connectivity index (χ2v) is 5.46. The van der Waals surface area contributed by atoms with Crippen LogP contribution < -0.4 is 10.6 Å². The van der Waals surface area contributed by atoms with Crippen LogP contribution in [0.5, 0.6) is 0 Å². The normalized spacial score (nSPS) is 37.4. The third-order valence-corrected chi connectivity index (χ3v) is 4.12. The van der Waals surface area contributed by atoms with Crippen LogP contribution in [0.2, 0.25) is 0 Å². The average Bonchev–Trinajstić information content (AvgIpc) is 2.77. The van der Waals surface area contributed by atoms with Gasteiger partial charge in [0.25, 0.3) is 0 Å². The minimum absolute atomic E-state index is 0.00569. The summed E-state index contributed by atoms with van der Waals surface area (Å²) >= 11 is 0. The number of nitrogens with zero attached hydrogens (tertiary/aromatic N) is 1. The van der Waals surface area contributed by atoms with Gasteiger partial charge in [-0.2, -0.15) is 5.26 Å². The van der Waals surface area contributed by atoms with Crippen LogP contribution in [0.3, 0.4) is 0 Å². The Labute approximate surface area is 103 Å². The topological polar surface area (TPSA) is 64.9 Å². The first-order chi connectivity index (χ1) is 8.15. The summed E-state index contributed by atoms with van der Waals surface area (Å²) in [5, 5.41) is 15.4. The Hall–Kier alpha value is -1.08. The van der Waals surface area contributed by atoms with E-state index in [1.807, 2.05) is 6.92 Å². The van der Waals surface area contributed by atoms with Crippen molar-refractivity contribution in [3.05, 3.63) is 0 Å². The van der Waals surface area contributed by atoms with Crippen molar-refractivity contribution in [1.82, 2.24) is 10.6 Å². The lowest BCUT2D eigenvalue weighted by Crippen LogP contribution is -2.58. The smallest absolute Gasteiger partial charge is 0.240 e. The van der Waals surface area contributed by atoms with E-state index in [0.717, 1.165) is 45.1 Å². The first kappa shape index (κ1) is 12.4. The highest BCUT2D eigenvalue weighted by molar-refractivity contribution is 5.86. The number of nitriles is 1. The Balaban J connectivity index is 1.94. The van der Waals surface area contributed by atoms with Crippen LogP contribution in [-0.2, 0) is 4.79 Å². The maximum Gasteiger partial charge on any atom is 0.240 e. The number of piperidine rings is 1. The van der Waals surface area contributed by atoms with Gasteiger partial charge in [-0.25, -0.2) is 0 Å². The Morgan fingerprint density at radius 1 is 1.41 bits per heavy atom. The molecule has 1 heterocycles. The molecule has 2 fully saturated rings. The third kappa shape index (κ3) is 2.61. The molecule has 1 amide bonds. The molecule has 0 aromatic rings. The van der Waals surface area contributed by atoms with E-state index in [2.05, 4.69) is 16.7 Å². The fraction of sp³-hybridized carbons (Fsp3) is 0.846. The first-order valence-corrected chi connectivity index (χ1v) is 6.61. The lowest BCUT2D eigenvalue weighted by molar-refractivity contribution is -0.128. The summed E-state index contributed by atoms with van der Waals surface area (Å²) in [6.45, 7) is 2.88. The molecule has 94 valence electrons. The third-order valence-electron chi connectivity index (χ3n) is 4.12. The van der Waals surface area contributed by atoms with Crippen molar-refractivity contribution < 1.29 is 4.79 Å². The lowest BCUT2D eigenvalue weighted by Gasteiger charge is -2.34. The average molecular weight is 235 g/mol. The summed E-state index contributed by atoms with van der Waals surface area (Å²) in [4.78, 5) is 12.3. The summed E-state index contributed by atoms with van der Waals surface area (Å²) in [5.41, 5.74) is -0.430. The molecule has 2 aliphatic rings. The minimum atomic E-state index is -0.430. The summed E-state index contributed by atoms with van der Waals surface area (Å²) in [6, 6.07) is 2.36. The predicted molar refractivity (Wildman–Crippen MR) is 65.1 cm³/mol. The van der Waals surface area contributed by atoms with Crippen molar-refractivity contribution >= 4 is 5.91 Å². The molecule has 3 unspecified atom stereocenters. The zero-order chi connectivity index (χ0) is 12.3. The van der Waals surface area contributed by atoms with Gasteiger partial charge in [0, 0.05) is 6.04 Å². The largest absolute Gasteiger partial charge is 0.350 e. The molecule has 1 saturated carbocycles. The molecular weight excluding hydrogens is 214 g/mol. The van der Waals surface area contributed by atoms with E-state index in [9.17, 15) is 4.79 Å². The Bertz CT molecular complexity index is 328. The van der Waals surface area contributed by atoms with Gasteiger partial charge in [0.15, 0.2) is 0 Å². The zero-order valence-corrected chi connectivity index (χ0v) is 10.5. The van der Waals surface area contributed by atoms with E-state index >= 15 is 0 Å². The fourth-order valence-electron chi connectivity index (χ4n) is 2.87. The SMILES string of the molecule is CC1(C(=O)NC2CCCC2C#N)CCCCN1. The van der Waals surface area contributed by atoms with Gasteiger partial charge in [-0.3, -0.25) is 4.79 Å². The van der Waals surface area contributed by atoms with E-state index in [-0.39, 0.29) is 17.9 Å². The molecule has 2 rings (SSSR count). The Morgan fingerprint density at radius 3 is 2.88 bits per heavy atom. The molecule has 0 spiro atoms. The number of carbonyl (C=O) groups is 1. The highest BCUT2D eigenvalue weighted by Gasteiger charge is 2.37. The molecule has 0 bridgehead atoms. The molecule has 2 N–H and O–H groups in total. The number of hydrogen-bond donors (Lipinski definition) is 2. The van der Waals surface area contributed by atoms with Crippen LogP contribution in [-0.4, -0.2) is 24.0 Å². The molecule has 3 atom stereocenters. The van der Waals surface area contributed by atoms with Crippen molar-refractivity contribution in [2.75, 3.05) is 6.54 Å². The molecular formula is C13H21N3O. The summed E-state index contributed by atoms with van der Waals surface area (Å²) in [7, 11) is 0. The summed E-state index contributed by atoms with van der Waals surface area (Å²) in [6.07, 6.45) is 6.05. The minimum Gasteiger partial charge on any atom is -0.350 e. The number of amides is 1. The second kappa shape index (κ2) is 5.05. The van der Waals surface area contributed by atoms with Gasteiger partial charge >= 0.3 is 0 Å². The monoisotopic (exact) mass is 235 g/mol. The van der Waals surface area contributed by atoms with Crippen molar-refractivity contribution in [3.8, 4) is 6.07 Å². The number of nitrogens with one attached hydrogen (secondary N) is 2. The van der Waals surface area contributed by atoms with E-state index in [1.165, 1.54) is 0 Å².